The number of hydrazone groups is 1. The lowest BCUT2D eigenvalue weighted by Crippen LogP contribution is -2.38. The molecule has 9 heteroatoms. The van der Waals surface area contributed by atoms with E-state index >= 15 is 4.39 Å². The summed E-state index contributed by atoms with van der Waals surface area (Å²) in [4.78, 5) is -0.796. The van der Waals surface area contributed by atoms with Gasteiger partial charge < -0.3 is 5.73 Å². The van der Waals surface area contributed by atoms with Crippen molar-refractivity contribution >= 4 is 33.3 Å². The Kier molecular flexibility index (Phi) is 7.59. The molecule has 202 valence electrons. The Hall–Kier alpha value is -3.14. The first-order valence-electron chi connectivity index (χ1n) is 12.8. The summed E-state index contributed by atoms with van der Waals surface area (Å²) < 4.78 is 29.3. The van der Waals surface area contributed by atoms with Crippen molar-refractivity contribution in [1.82, 2.24) is 10.2 Å². The number of aromatic nitrogens is 2. The summed E-state index contributed by atoms with van der Waals surface area (Å²) in [6, 6.07) is 15.8. The van der Waals surface area contributed by atoms with E-state index in [-0.39, 0.29) is 11.6 Å². The van der Waals surface area contributed by atoms with Crippen LogP contribution in [0.4, 0.5) is 13.9 Å². The predicted octanol–water partition coefficient (Wildman–Crippen LogP) is 7.61. The number of thioether (sulfide) groups is 1. The molecule has 2 unspecified atom stereocenters. The molecule has 1 aliphatic heterocycles. The second kappa shape index (κ2) is 10.8. The topological polar surface area (TPSA) is 67.4 Å². The highest BCUT2D eigenvalue weighted by Gasteiger charge is 2.48. The van der Waals surface area contributed by atoms with Gasteiger partial charge in [0.05, 0.1) is 0 Å². The van der Waals surface area contributed by atoms with Gasteiger partial charge in [0, 0.05) is 11.6 Å². The van der Waals surface area contributed by atoms with Crippen LogP contribution in [0.15, 0.2) is 59.7 Å². The summed E-state index contributed by atoms with van der Waals surface area (Å²) in [7, 11) is 0. The maximum absolute atomic E-state index is 15.0. The van der Waals surface area contributed by atoms with Crippen molar-refractivity contribution in [3.05, 3.63) is 110 Å². The summed E-state index contributed by atoms with van der Waals surface area (Å²) >= 11 is 2.82. The molecule has 1 aliphatic rings. The monoisotopic (exact) mass is 563 g/mol. The summed E-state index contributed by atoms with van der Waals surface area (Å²) in [5.74, 6) is -1.05. The third-order valence-corrected chi connectivity index (χ3v) is 9.62. The molecule has 2 N–H and O–H groups in total. The summed E-state index contributed by atoms with van der Waals surface area (Å²) in [5.41, 5.74) is 13.6. The number of hydrogen-bond acceptors (Lipinski definition) is 7. The molecule has 1 aromatic heterocycles. The molecule has 0 spiro atoms. The molecule has 4 aromatic rings. The second-order valence-corrected chi connectivity index (χ2v) is 12.5. The van der Waals surface area contributed by atoms with Gasteiger partial charge in [0.15, 0.2) is 0 Å². The molecule has 0 aliphatic carbocycles. The van der Waals surface area contributed by atoms with Gasteiger partial charge in [-0.3, -0.25) is 0 Å². The highest BCUT2D eigenvalue weighted by molar-refractivity contribution is 8.15. The lowest BCUT2D eigenvalue weighted by atomic mass is 9.92. The van der Waals surface area contributed by atoms with E-state index in [9.17, 15) is 4.39 Å². The fourth-order valence-electron chi connectivity index (χ4n) is 4.71. The maximum Gasteiger partial charge on any atom is 0.230 e. The average Bonchev–Trinajstić information content (AvgIpc) is 3.51. The number of nitrogens with two attached hydrogens (primary N) is 1. The van der Waals surface area contributed by atoms with Gasteiger partial charge in [-0.15, -0.1) is 10.2 Å². The molecule has 0 amide bonds. The minimum atomic E-state index is -0.796. The molecule has 5 rings (SSSR count). The Bertz CT molecular complexity index is 1570. The molecule has 2 atom stereocenters. The SMILES string of the molecule is Cc1nnc(N2N=C(c3cc(F)ccc3F)SC2(CCC(N)c2ccc(C)c(C)c2)c2ccc(C)c(C)c2)s1. The van der Waals surface area contributed by atoms with Crippen LogP contribution in [0.25, 0.3) is 0 Å². The summed E-state index contributed by atoms with van der Waals surface area (Å²) in [6.07, 6.45) is 1.21. The Balaban J connectivity index is 1.62. The van der Waals surface area contributed by atoms with E-state index < -0.39 is 16.5 Å². The Morgan fingerprint density at radius 3 is 2.26 bits per heavy atom. The molecule has 0 fully saturated rings. The average molecular weight is 564 g/mol. The largest absolute Gasteiger partial charge is 0.324 e. The first kappa shape index (κ1) is 27.4. The fraction of sp³-hybridized carbons (Fsp3) is 0.300. The number of aryl methyl sites for hydroxylation is 5. The third-order valence-electron chi connectivity index (χ3n) is 7.37. The van der Waals surface area contributed by atoms with Crippen molar-refractivity contribution in [2.24, 2.45) is 10.8 Å². The Labute approximate surface area is 236 Å². The number of anilines is 1. The van der Waals surface area contributed by atoms with Gasteiger partial charge >= 0.3 is 0 Å². The van der Waals surface area contributed by atoms with Crippen molar-refractivity contribution < 1.29 is 8.78 Å². The van der Waals surface area contributed by atoms with Gasteiger partial charge in [0.1, 0.15) is 26.6 Å². The lowest BCUT2D eigenvalue weighted by Gasteiger charge is -2.36. The first-order chi connectivity index (χ1) is 18.6. The smallest absolute Gasteiger partial charge is 0.230 e. The van der Waals surface area contributed by atoms with Crippen molar-refractivity contribution in [1.29, 1.82) is 0 Å². The van der Waals surface area contributed by atoms with E-state index in [1.807, 2.05) is 11.9 Å². The zero-order chi connectivity index (χ0) is 27.9. The van der Waals surface area contributed by atoms with Gasteiger partial charge in [-0.1, -0.05) is 59.5 Å². The number of rotatable bonds is 7. The Morgan fingerprint density at radius 1 is 0.872 bits per heavy atom. The van der Waals surface area contributed by atoms with E-state index in [0.29, 0.717) is 23.0 Å². The van der Waals surface area contributed by atoms with Gasteiger partial charge in [-0.05, 0) is 99.0 Å². The van der Waals surface area contributed by atoms with E-state index in [2.05, 4.69) is 74.3 Å². The highest BCUT2D eigenvalue weighted by atomic mass is 32.2. The van der Waals surface area contributed by atoms with Crippen LogP contribution in [0.1, 0.15) is 62.8 Å². The zero-order valence-electron chi connectivity index (χ0n) is 22.6. The maximum atomic E-state index is 15.0. The van der Waals surface area contributed by atoms with E-state index in [0.717, 1.165) is 33.8 Å². The predicted molar refractivity (Wildman–Crippen MR) is 157 cm³/mol. The summed E-state index contributed by atoms with van der Waals surface area (Å²) in [5, 5.41) is 17.1. The normalized spacial score (nSPS) is 17.9. The van der Waals surface area contributed by atoms with Crippen LogP contribution in [-0.2, 0) is 4.87 Å². The number of hydrogen-bond donors (Lipinski definition) is 1. The molecule has 5 nitrogen and oxygen atoms in total. The van der Waals surface area contributed by atoms with Crippen LogP contribution in [0.5, 0.6) is 0 Å². The molecule has 2 heterocycles. The molecule has 39 heavy (non-hydrogen) atoms. The van der Waals surface area contributed by atoms with E-state index in [1.165, 1.54) is 45.9 Å². The summed E-state index contributed by atoms with van der Waals surface area (Å²) in [6.45, 7) is 10.2. The molecule has 0 radical (unpaired) electrons. The van der Waals surface area contributed by atoms with Crippen LogP contribution < -0.4 is 10.7 Å². The van der Waals surface area contributed by atoms with Gasteiger partial charge in [-0.2, -0.15) is 5.10 Å². The molecule has 3 aromatic carbocycles. The quantitative estimate of drug-likeness (QED) is 0.251. The van der Waals surface area contributed by atoms with Crippen molar-refractivity contribution in [2.45, 2.75) is 58.4 Å². The van der Waals surface area contributed by atoms with E-state index in [1.54, 1.807) is 0 Å². The molecule has 0 bridgehead atoms. The van der Waals surface area contributed by atoms with Gasteiger partial charge in [0.25, 0.3) is 0 Å². The minimum Gasteiger partial charge on any atom is -0.324 e. The van der Waals surface area contributed by atoms with Crippen LogP contribution in [0.2, 0.25) is 0 Å². The van der Waals surface area contributed by atoms with Crippen molar-refractivity contribution in [3.8, 4) is 0 Å². The van der Waals surface area contributed by atoms with Crippen molar-refractivity contribution in [3.63, 3.8) is 0 Å². The molecular weight excluding hydrogens is 532 g/mol. The third kappa shape index (κ3) is 5.35. The van der Waals surface area contributed by atoms with Crippen LogP contribution in [-0.4, -0.2) is 15.2 Å². The standard InChI is InChI=1S/C30H31F2N5S2/c1-17-6-8-22(14-19(17)3)27(33)12-13-30(23-9-7-18(2)20(4)15-23)37(29-35-34-21(5)38-29)36-28(39-30)25-16-24(31)10-11-26(25)32/h6-11,14-16,27H,12-13,33H2,1-5H3. The lowest BCUT2D eigenvalue weighted by molar-refractivity contribution is 0.485. The van der Waals surface area contributed by atoms with Gasteiger partial charge in [0.2, 0.25) is 5.13 Å². The zero-order valence-corrected chi connectivity index (χ0v) is 24.3. The first-order valence-corrected chi connectivity index (χ1v) is 14.4. The van der Waals surface area contributed by atoms with Crippen LogP contribution >= 0.6 is 23.1 Å². The van der Waals surface area contributed by atoms with Crippen molar-refractivity contribution in [2.75, 3.05) is 5.01 Å². The Morgan fingerprint density at radius 2 is 1.59 bits per heavy atom. The molecule has 0 saturated carbocycles. The number of benzene rings is 3. The molecular formula is C30H31F2N5S2. The van der Waals surface area contributed by atoms with Crippen LogP contribution in [0.3, 0.4) is 0 Å². The second-order valence-electron chi connectivity index (χ2n) is 10.1. The van der Waals surface area contributed by atoms with Crippen LogP contribution in [0, 0.1) is 46.3 Å². The van der Waals surface area contributed by atoms with Gasteiger partial charge in [-0.25, -0.2) is 13.8 Å². The molecule has 0 saturated heterocycles. The van der Waals surface area contributed by atoms with E-state index in [4.69, 9.17) is 10.8 Å². The fourth-order valence-corrected chi connectivity index (χ4v) is 6.87. The highest BCUT2D eigenvalue weighted by Crippen LogP contribution is 2.53. The number of halogens is 2. The minimum absolute atomic E-state index is 0.121. The number of nitrogens with zero attached hydrogens (tertiary/aromatic N) is 4.